The van der Waals surface area contributed by atoms with Crippen molar-refractivity contribution in [3.05, 3.63) is 69.2 Å². The summed E-state index contributed by atoms with van der Waals surface area (Å²) in [4.78, 5) is 0. The van der Waals surface area contributed by atoms with Crippen molar-refractivity contribution >= 4 is 11.6 Å². The van der Waals surface area contributed by atoms with Crippen molar-refractivity contribution in [2.24, 2.45) is 5.73 Å². The van der Waals surface area contributed by atoms with Crippen molar-refractivity contribution in [3.8, 4) is 0 Å². The molecule has 0 aliphatic carbocycles. The van der Waals surface area contributed by atoms with Gasteiger partial charge in [0, 0.05) is 11.1 Å². The largest absolute Gasteiger partial charge is 0.324 e. The Labute approximate surface area is 122 Å². The van der Waals surface area contributed by atoms with Gasteiger partial charge in [0.1, 0.15) is 0 Å². The molecule has 0 aliphatic rings. The van der Waals surface area contributed by atoms with Gasteiger partial charge in [-0.1, -0.05) is 29.8 Å². The first-order chi connectivity index (χ1) is 9.38. The van der Waals surface area contributed by atoms with Crippen molar-refractivity contribution in [3.63, 3.8) is 0 Å². The molecule has 106 valence electrons. The van der Waals surface area contributed by atoms with Crippen LogP contribution in [0.25, 0.3) is 0 Å². The van der Waals surface area contributed by atoms with Crippen molar-refractivity contribution in [1.29, 1.82) is 0 Å². The summed E-state index contributed by atoms with van der Waals surface area (Å²) in [6.07, 6.45) is 0.520. The molecule has 1 unspecified atom stereocenters. The second-order valence-corrected chi connectivity index (χ2v) is 5.42. The molecule has 0 spiro atoms. The van der Waals surface area contributed by atoms with Crippen LogP contribution in [0, 0.1) is 25.5 Å². The van der Waals surface area contributed by atoms with E-state index in [1.165, 1.54) is 11.1 Å². The van der Waals surface area contributed by atoms with Gasteiger partial charge in [0.25, 0.3) is 0 Å². The predicted octanol–water partition coefficient (Wildman–Crippen LogP) is 4.48. The summed E-state index contributed by atoms with van der Waals surface area (Å²) in [6.45, 7) is 4.06. The molecule has 0 bridgehead atoms. The lowest BCUT2D eigenvalue weighted by atomic mass is 9.97. The lowest BCUT2D eigenvalue weighted by Crippen LogP contribution is -2.14. The monoisotopic (exact) mass is 295 g/mol. The van der Waals surface area contributed by atoms with E-state index in [9.17, 15) is 8.78 Å². The second kappa shape index (κ2) is 5.90. The molecular formula is C16H16ClF2N. The maximum absolute atomic E-state index is 13.3. The maximum Gasteiger partial charge on any atom is 0.160 e. The van der Waals surface area contributed by atoms with Crippen LogP contribution in [0.15, 0.2) is 30.3 Å². The Morgan fingerprint density at radius 3 is 2.35 bits per heavy atom. The van der Waals surface area contributed by atoms with Crippen LogP contribution in [-0.4, -0.2) is 0 Å². The minimum Gasteiger partial charge on any atom is -0.324 e. The Morgan fingerprint density at radius 1 is 1.05 bits per heavy atom. The van der Waals surface area contributed by atoms with Gasteiger partial charge in [0.05, 0.1) is 0 Å². The van der Waals surface area contributed by atoms with E-state index >= 15 is 0 Å². The fourth-order valence-corrected chi connectivity index (χ4v) is 2.41. The number of nitrogens with two attached hydrogens (primary N) is 1. The summed E-state index contributed by atoms with van der Waals surface area (Å²) in [5.74, 6) is -1.89. The van der Waals surface area contributed by atoms with Crippen molar-refractivity contribution in [2.45, 2.75) is 26.3 Å². The van der Waals surface area contributed by atoms with E-state index in [0.717, 1.165) is 17.7 Å². The molecule has 2 aromatic rings. The summed E-state index contributed by atoms with van der Waals surface area (Å²) >= 11 is 5.93. The predicted molar refractivity (Wildman–Crippen MR) is 77.9 cm³/mol. The van der Waals surface area contributed by atoms with Crippen LogP contribution >= 0.6 is 11.6 Å². The van der Waals surface area contributed by atoms with Crippen LogP contribution in [0.2, 0.25) is 5.02 Å². The molecule has 2 aromatic carbocycles. The third kappa shape index (κ3) is 3.17. The van der Waals surface area contributed by atoms with E-state index in [2.05, 4.69) is 0 Å². The zero-order chi connectivity index (χ0) is 14.9. The average Bonchev–Trinajstić information content (AvgIpc) is 2.38. The number of hydrogen-bond acceptors (Lipinski definition) is 1. The second-order valence-electron chi connectivity index (χ2n) is 5.02. The van der Waals surface area contributed by atoms with E-state index in [1.807, 2.05) is 32.0 Å². The van der Waals surface area contributed by atoms with Crippen molar-refractivity contribution in [2.75, 3.05) is 0 Å². The normalized spacial score (nSPS) is 12.5. The first-order valence-corrected chi connectivity index (χ1v) is 6.72. The number of benzene rings is 2. The topological polar surface area (TPSA) is 26.0 Å². The standard InChI is InChI=1S/C16H16ClF2N/c1-9-3-4-11(5-10(9)2)6-16(20)12-7-14(18)15(19)8-13(12)17/h3-5,7-8,16H,6,20H2,1-2H3. The van der Waals surface area contributed by atoms with Gasteiger partial charge in [-0.3, -0.25) is 0 Å². The van der Waals surface area contributed by atoms with Crippen LogP contribution in [-0.2, 0) is 6.42 Å². The number of aryl methyl sites for hydroxylation is 2. The van der Waals surface area contributed by atoms with Crippen LogP contribution in [0.4, 0.5) is 8.78 Å². The molecule has 0 saturated heterocycles. The molecule has 0 heterocycles. The highest BCUT2D eigenvalue weighted by molar-refractivity contribution is 6.31. The maximum atomic E-state index is 13.3. The highest BCUT2D eigenvalue weighted by Gasteiger charge is 2.15. The molecule has 2 rings (SSSR count). The fraction of sp³-hybridized carbons (Fsp3) is 0.250. The van der Waals surface area contributed by atoms with Gasteiger partial charge < -0.3 is 5.73 Å². The molecule has 4 heteroatoms. The average molecular weight is 296 g/mol. The van der Waals surface area contributed by atoms with Crippen molar-refractivity contribution < 1.29 is 8.78 Å². The van der Waals surface area contributed by atoms with E-state index in [4.69, 9.17) is 17.3 Å². The summed E-state index contributed by atoms with van der Waals surface area (Å²) in [6, 6.07) is 7.61. The highest BCUT2D eigenvalue weighted by atomic mass is 35.5. The Hall–Kier alpha value is -1.45. The van der Waals surface area contributed by atoms with Gasteiger partial charge in [0.15, 0.2) is 11.6 Å². The molecule has 2 N–H and O–H groups in total. The molecule has 0 aliphatic heterocycles. The Kier molecular flexibility index (Phi) is 4.41. The van der Waals surface area contributed by atoms with Crippen LogP contribution in [0.1, 0.15) is 28.3 Å². The molecule has 1 atom stereocenters. The first-order valence-electron chi connectivity index (χ1n) is 6.34. The van der Waals surface area contributed by atoms with E-state index in [-0.39, 0.29) is 5.02 Å². The van der Waals surface area contributed by atoms with Gasteiger partial charge in [-0.15, -0.1) is 0 Å². The smallest absolute Gasteiger partial charge is 0.160 e. The lowest BCUT2D eigenvalue weighted by Gasteiger charge is -2.15. The number of rotatable bonds is 3. The lowest BCUT2D eigenvalue weighted by molar-refractivity contribution is 0.505. The molecule has 1 nitrogen and oxygen atoms in total. The third-order valence-corrected chi connectivity index (χ3v) is 3.79. The SMILES string of the molecule is Cc1ccc(CC(N)c2cc(F)c(F)cc2Cl)cc1C. The van der Waals surface area contributed by atoms with Gasteiger partial charge in [0.2, 0.25) is 0 Å². The molecule has 0 aromatic heterocycles. The molecular weight excluding hydrogens is 280 g/mol. The summed E-state index contributed by atoms with van der Waals surface area (Å²) in [5, 5.41) is 0.153. The summed E-state index contributed by atoms with van der Waals surface area (Å²) in [7, 11) is 0. The molecule has 0 radical (unpaired) electrons. The van der Waals surface area contributed by atoms with E-state index in [1.54, 1.807) is 0 Å². The van der Waals surface area contributed by atoms with Gasteiger partial charge in [-0.25, -0.2) is 8.78 Å². The van der Waals surface area contributed by atoms with Crippen molar-refractivity contribution in [1.82, 2.24) is 0 Å². The summed E-state index contributed by atoms with van der Waals surface area (Å²) < 4.78 is 26.3. The third-order valence-electron chi connectivity index (χ3n) is 3.47. The first kappa shape index (κ1) is 14.9. The molecule has 0 fully saturated rings. The number of halogens is 3. The van der Waals surface area contributed by atoms with Crippen LogP contribution < -0.4 is 5.73 Å². The minimum absolute atomic E-state index is 0.153. The van der Waals surface area contributed by atoms with Gasteiger partial charge in [-0.05, 0) is 54.7 Å². The Balaban J connectivity index is 2.25. The van der Waals surface area contributed by atoms with E-state index < -0.39 is 17.7 Å². The highest BCUT2D eigenvalue weighted by Crippen LogP contribution is 2.27. The van der Waals surface area contributed by atoms with Crippen LogP contribution in [0.3, 0.4) is 0 Å². The zero-order valence-corrected chi connectivity index (χ0v) is 12.1. The summed E-state index contributed by atoms with van der Waals surface area (Å²) in [5.41, 5.74) is 9.90. The fourth-order valence-electron chi connectivity index (χ4n) is 2.12. The molecule has 0 saturated carbocycles. The van der Waals surface area contributed by atoms with Gasteiger partial charge >= 0.3 is 0 Å². The minimum atomic E-state index is -0.961. The van der Waals surface area contributed by atoms with Crippen LogP contribution in [0.5, 0.6) is 0 Å². The quantitative estimate of drug-likeness (QED) is 0.830. The molecule has 20 heavy (non-hydrogen) atoms. The Morgan fingerprint density at radius 2 is 1.70 bits per heavy atom. The Bertz CT molecular complexity index is 641. The number of hydrogen-bond donors (Lipinski definition) is 1. The zero-order valence-electron chi connectivity index (χ0n) is 11.4. The molecule has 0 amide bonds. The van der Waals surface area contributed by atoms with E-state index in [0.29, 0.717) is 12.0 Å². The van der Waals surface area contributed by atoms with Gasteiger partial charge in [-0.2, -0.15) is 0 Å².